The van der Waals surface area contributed by atoms with E-state index in [1.807, 2.05) is 48.5 Å². The molecule has 4 nitrogen and oxygen atoms in total. The average molecular weight is 311 g/mol. The zero-order chi connectivity index (χ0) is 16.5. The molecule has 2 aromatic carbocycles. The molecule has 0 aliphatic rings. The summed E-state index contributed by atoms with van der Waals surface area (Å²) in [5.41, 5.74) is 2.15. The molecule has 1 unspecified atom stereocenters. The highest BCUT2D eigenvalue weighted by Crippen LogP contribution is 2.23. The summed E-state index contributed by atoms with van der Waals surface area (Å²) in [5, 5.41) is 12.2. The number of hydrogen-bond donors (Lipinski definition) is 2. The van der Waals surface area contributed by atoms with Gasteiger partial charge in [-0.1, -0.05) is 18.1 Å². The quantitative estimate of drug-likeness (QED) is 0.735. The number of rotatable bonds is 8. The Balaban J connectivity index is 1.93. The summed E-state index contributed by atoms with van der Waals surface area (Å²) in [6, 6.07) is 15.7. The van der Waals surface area contributed by atoms with Crippen LogP contribution in [0.4, 0.5) is 5.69 Å². The van der Waals surface area contributed by atoms with Crippen LogP contribution < -0.4 is 14.8 Å². The van der Waals surface area contributed by atoms with E-state index in [2.05, 4.69) is 18.2 Å². The van der Waals surface area contributed by atoms with Gasteiger partial charge in [0.1, 0.15) is 24.7 Å². The van der Waals surface area contributed by atoms with E-state index in [-0.39, 0.29) is 19.3 Å². The molecule has 120 valence electrons. The van der Waals surface area contributed by atoms with Crippen molar-refractivity contribution in [2.75, 3.05) is 25.1 Å². The van der Waals surface area contributed by atoms with Gasteiger partial charge < -0.3 is 19.9 Å². The molecule has 0 aliphatic carbocycles. The van der Waals surface area contributed by atoms with Crippen LogP contribution in [0.5, 0.6) is 11.5 Å². The molecule has 0 radical (unpaired) electrons. The average Bonchev–Trinajstić information content (AvgIpc) is 2.59. The molecule has 0 saturated heterocycles. The Labute approximate surface area is 137 Å². The summed E-state index contributed by atoms with van der Waals surface area (Å²) in [4.78, 5) is 0. The third-order valence-corrected chi connectivity index (χ3v) is 3.30. The maximum absolute atomic E-state index is 8.74. The standard InChI is InChI=1S/C19H21NO3/c1-3-13-22-18-8-4-16(5-9-18)15(2)20-17-6-10-19(11-7-17)23-14-12-21/h1,4-11,15,20-21H,12-14H2,2H3. The van der Waals surface area contributed by atoms with E-state index in [0.29, 0.717) is 6.61 Å². The molecule has 2 aromatic rings. The van der Waals surface area contributed by atoms with E-state index in [1.54, 1.807) is 0 Å². The maximum Gasteiger partial charge on any atom is 0.148 e. The third-order valence-electron chi connectivity index (χ3n) is 3.30. The number of aliphatic hydroxyl groups is 1. The number of anilines is 1. The highest BCUT2D eigenvalue weighted by molar-refractivity contribution is 5.48. The smallest absolute Gasteiger partial charge is 0.148 e. The van der Waals surface area contributed by atoms with Crippen LogP contribution in [-0.4, -0.2) is 24.9 Å². The molecular formula is C19H21NO3. The predicted octanol–water partition coefficient (Wildman–Crippen LogP) is 3.24. The molecule has 0 amide bonds. The van der Waals surface area contributed by atoms with Crippen molar-refractivity contribution in [1.82, 2.24) is 0 Å². The summed E-state index contributed by atoms with van der Waals surface area (Å²) < 4.78 is 10.7. The molecule has 0 bridgehead atoms. The first kappa shape index (κ1) is 16.7. The Hall–Kier alpha value is -2.64. The van der Waals surface area contributed by atoms with E-state index in [1.165, 1.54) is 0 Å². The second-order valence-corrected chi connectivity index (χ2v) is 5.02. The molecule has 0 spiro atoms. The molecule has 0 saturated carbocycles. The van der Waals surface area contributed by atoms with E-state index >= 15 is 0 Å². The first-order chi connectivity index (χ1) is 11.2. The summed E-state index contributed by atoms with van der Waals surface area (Å²) in [5.74, 6) is 3.96. The number of terminal acetylenes is 1. The van der Waals surface area contributed by atoms with Crippen molar-refractivity contribution in [2.45, 2.75) is 13.0 Å². The van der Waals surface area contributed by atoms with Crippen LogP contribution >= 0.6 is 0 Å². The third kappa shape index (κ3) is 5.24. The van der Waals surface area contributed by atoms with Crippen LogP contribution in [0.1, 0.15) is 18.5 Å². The van der Waals surface area contributed by atoms with Gasteiger partial charge in [0.05, 0.1) is 6.61 Å². The minimum atomic E-state index is 0.0120. The van der Waals surface area contributed by atoms with Gasteiger partial charge in [0.15, 0.2) is 0 Å². The van der Waals surface area contributed by atoms with Gasteiger partial charge in [-0.25, -0.2) is 0 Å². The summed E-state index contributed by atoms with van der Waals surface area (Å²) in [6.45, 7) is 2.68. The minimum absolute atomic E-state index is 0.0120. The Morgan fingerprint density at radius 2 is 1.65 bits per heavy atom. The maximum atomic E-state index is 8.74. The van der Waals surface area contributed by atoms with Gasteiger partial charge >= 0.3 is 0 Å². The Kier molecular flexibility index (Phi) is 6.34. The second kappa shape index (κ2) is 8.72. The Morgan fingerprint density at radius 1 is 1.04 bits per heavy atom. The number of benzene rings is 2. The highest BCUT2D eigenvalue weighted by Gasteiger charge is 2.06. The summed E-state index contributed by atoms with van der Waals surface area (Å²) in [6.07, 6.45) is 5.17. The molecule has 0 fully saturated rings. The molecule has 4 heteroatoms. The van der Waals surface area contributed by atoms with Gasteiger partial charge in [-0.2, -0.15) is 0 Å². The number of ether oxygens (including phenoxy) is 2. The van der Waals surface area contributed by atoms with Crippen molar-refractivity contribution in [1.29, 1.82) is 0 Å². The fraction of sp³-hybridized carbons (Fsp3) is 0.263. The lowest BCUT2D eigenvalue weighted by atomic mass is 10.1. The Bertz CT molecular complexity index is 629. The van der Waals surface area contributed by atoms with Gasteiger partial charge in [-0.05, 0) is 48.9 Å². The van der Waals surface area contributed by atoms with Gasteiger partial charge in [0, 0.05) is 11.7 Å². The predicted molar refractivity (Wildman–Crippen MR) is 91.8 cm³/mol. The molecule has 1 atom stereocenters. The molecule has 2 rings (SSSR count). The van der Waals surface area contributed by atoms with E-state index < -0.39 is 0 Å². The van der Waals surface area contributed by atoms with Crippen molar-refractivity contribution in [2.24, 2.45) is 0 Å². The van der Waals surface area contributed by atoms with Gasteiger partial charge in [0.2, 0.25) is 0 Å². The van der Waals surface area contributed by atoms with Crippen LogP contribution in [0.25, 0.3) is 0 Å². The second-order valence-electron chi connectivity index (χ2n) is 5.02. The minimum Gasteiger partial charge on any atom is -0.491 e. The fourth-order valence-electron chi connectivity index (χ4n) is 2.12. The summed E-state index contributed by atoms with van der Waals surface area (Å²) >= 11 is 0. The molecule has 23 heavy (non-hydrogen) atoms. The van der Waals surface area contributed by atoms with Crippen molar-refractivity contribution in [3.63, 3.8) is 0 Å². The molecule has 0 aliphatic heterocycles. The molecule has 0 heterocycles. The van der Waals surface area contributed by atoms with Crippen molar-refractivity contribution < 1.29 is 14.6 Å². The fourth-order valence-corrected chi connectivity index (χ4v) is 2.12. The largest absolute Gasteiger partial charge is 0.491 e. The van der Waals surface area contributed by atoms with E-state index in [4.69, 9.17) is 21.0 Å². The lowest BCUT2D eigenvalue weighted by Crippen LogP contribution is -2.07. The van der Waals surface area contributed by atoms with Crippen molar-refractivity contribution >= 4 is 5.69 Å². The zero-order valence-electron chi connectivity index (χ0n) is 13.2. The first-order valence-electron chi connectivity index (χ1n) is 7.49. The van der Waals surface area contributed by atoms with Gasteiger partial charge in [-0.3, -0.25) is 0 Å². The number of aliphatic hydroxyl groups excluding tert-OH is 1. The monoisotopic (exact) mass is 311 g/mol. The lowest BCUT2D eigenvalue weighted by Gasteiger charge is -2.16. The van der Waals surface area contributed by atoms with Crippen molar-refractivity contribution in [3.05, 3.63) is 54.1 Å². The van der Waals surface area contributed by atoms with Crippen LogP contribution in [-0.2, 0) is 0 Å². The SMILES string of the molecule is C#CCOc1ccc(C(C)Nc2ccc(OCCO)cc2)cc1. The number of hydrogen-bond acceptors (Lipinski definition) is 4. The van der Waals surface area contributed by atoms with Crippen LogP contribution in [0.3, 0.4) is 0 Å². The Morgan fingerprint density at radius 3 is 2.26 bits per heavy atom. The topological polar surface area (TPSA) is 50.7 Å². The number of nitrogens with one attached hydrogen (secondary N) is 1. The highest BCUT2D eigenvalue weighted by atomic mass is 16.5. The van der Waals surface area contributed by atoms with Gasteiger partial charge in [-0.15, -0.1) is 6.42 Å². The van der Waals surface area contributed by atoms with Crippen LogP contribution in [0, 0.1) is 12.3 Å². The van der Waals surface area contributed by atoms with Crippen LogP contribution in [0.15, 0.2) is 48.5 Å². The van der Waals surface area contributed by atoms with E-state index in [9.17, 15) is 0 Å². The van der Waals surface area contributed by atoms with E-state index in [0.717, 1.165) is 22.7 Å². The van der Waals surface area contributed by atoms with Gasteiger partial charge in [0.25, 0.3) is 0 Å². The zero-order valence-corrected chi connectivity index (χ0v) is 13.2. The molecule has 0 aromatic heterocycles. The van der Waals surface area contributed by atoms with Crippen molar-refractivity contribution in [3.8, 4) is 23.8 Å². The molecule has 2 N–H and O–H groups in total. The van der Waals surface area contributed by atoms with Crippen LogP contribution in [0.2, 0.25) is 0 Å². The summed E-state index contributed by atoms with van der Waals surface area (Å²) in [7, 11) is 0. The molecular weight excluding hydrogens is 290 g/mol. The first-order valence-corrected chi connectivity index (χ1v) is 7.49. The lowest BCUT2D eigenvalue weighted by molar-refractivity contribution is 0.201. The normalized spacial score (nSPS) is 11.3.